The molecule has 0 aliphatic rings. The molecule has 0 N–H and O–H groups in total. The first-order valence-electron chi connectivity index (χ1n) is 4.80. The first-order valence-corrected chi connectivity index (χ1v) is 5.34. The minimum atomic E-state index is 0.677. The molecule has 0 unspecified atom stereocenters. The first-order chi connectivity index (χ1) is 6.86. The molecule has 1 aromatic heterocycles. The number of nitrogens with zero attached hydrogens (tertiary/aromatic N) is 3. The highest BCUT2D eigenvalue weighted by atomic mass is 35.5. The van der Waals surface area contributed by atoms with Crippen molar-refractivity contribution in [1.29, 1.82) is 0 Å². The van der Waals surface area contributed by atoms with E-state index in [1.165, 1.54) is 0 Å². The molecule has 4 nitrogen and oxygen atoms in total. The van der Waals surface area contributed by atoms with Crippen LogP contribution in [-0.2, 0) is 17.7 Å². The van der Waals surface area contributed by atoms with Crippen molar-refractivity contribution in [2.24, 2.45) is 0 Å². The topological polar surface area (TPSA) is 39.9 Å². The number of aromatic nitrogens is 3. The van der Waals surface area contributed by atoms with Gasteiger partial charge in [-0.3, -0.25) is 4.68 Å². The SMILES string of the molecule is COCCCn1cc(CCCCl)nn1. The van der Waals surface area contributed by atoms with E-state index in [1.54, 1.807) is 7.11 Å². The normalized spacial score (nSPS) is 10.7. The third kappa shape index (κ3) is 4.07. The summed E-state index contributed by atoms with van der Waals surface area (Å²) in [7, 11) is 1.70. The Kier molecular flexibility index (Phi) is 5.56. The molecule has 0 radical (unpaired) electrons. The molecule has 1 rings (SSSR count). The number of hydrogen-bond acceptors (Lipinski definition) is 3. The molecule has 0 fully saturated rings. The van der Waals surface area contributed by atoms with Crippen LogP contribution >= 0.6 is 11.6 Å². The Labute approximate surface area is 89.2 Å². The molecular formula is C9H16ClN3O. The second-order valence-electron chi connectivity index (χ2n) is 3.11. The summed E-state index contributed by atoms with van der Waals surface area (Å²) in [6, 6.07) is 0. The standard InChI is InChI=1S/C9H16ClN3O/c1-14-7-3-6-13-8-9(11-12-13)4-2-5-10/h8H,2-7H2,1H3. The van der Waals surface area contributed by atoms with E-state index in [0.29, 0.717) is 5.88 Å². The van der Waals surface area contributed by atoms with Crippen molar-refractivity contribution >= 4 is 11.6 Å². The van der Waals surface area contributed by atoms with Crippen LogP contribution in [0.5, 0.6) is 0 Å². The number of rotatable bonds is 7. The first kappa shape index (κ1) is 11.5. The van der Waals surface area contributed by atoms with E-state index >= 15 is 0 Å². The van der Waals surface area contributed by atoms with Crippen LogP contribution in [-0.4, -0.2) is 34.6 Å². The number of methoxy groups -OCH3 is 1. The number of aryl methyl sites for hydroxylation is 2. The van der Waals surface area contributed by atoms with Crippen LogP contribution in [0.1, 0.15) is 18.5 Å². The van der Waals surface area contributed by atoms with Gasteiger partial charge in [-0.15, -0.1) is 16.7 Å². The average Bonchev–Trinajstić information content (AvgIpc) is 2.63. The quantitative estimate of drug-likeness (QED) is 0.513. The molecule has 0 saturated carbocycles. The molecule has 1 aromatic rings. The largest absolute Gasteiger partial charge is 0.385 e. The molecule has 0 atom stereocenters. The van der Waals surface area contributed by atoms with Gasteiger partial charge in [0.05, 0.1) is 5.69 Å². The van der Waals surface area contributed by atoms with E-state index in [0.717, 1.165) is 38.1 Å². The maximum absolute atomic E-state index is 5.59. The van der Waals surface area contributed by atoms with Gasteiger partial charge in [0.15, 0.2) is 0 Å². The van der Waals surface area contributed by atoms with Crippen LogP contribution in [0.3, 0.4) is 0 Å². The summed E-state index contributed by atoms with van der Waals surface area (Å²) in [5.41, 5.74) is 1.02. The minimum absolute atomic E-state index is 0.677. The second kappa shape index (κ2) is 6.79. The van der Waals surface area contributed by atoms with Gasteiger partial charge in [0.1, 0.15) is 0 Å². The third-order valence-corrected chi connectivity index (χ3v) is 2.16. The summed E-state index contributed by atoms with van der Waals surface area (Å²) in [5.74, 6) is 0.677. The highest BCUT2D eigenvalue weighted by Crippen LogP contribution is 1.99. The van der Waals surface area contributed by atoms with Gasteiger partial charge in [0.2, 0.25) is 0 Å². The van der Waals surface area contributed by atoms with Crippen molar-refractivity contribution in [2.75, 3.05) is 19.6 Å². The fourth-order valence-electron chi connectivity index (χ4n) is 1.18. The lowest BCUT2D eigenvalue weighted by Crippen LogP contribution is -2.01. The predicted molar refractivity (Wildman–Crippen MR) is 55.6 cm³/mol. The summed E-state index contributed by atoms with van der Waals surface area (Å²) >= 11 is 5.59. The highest BCUT2D eigenvalue weighted by Gasteiger charge is 1.99. The summed E-state index contributed by atoms with van der Waals surface area (Å²) < 4.78 is 6.81. The summed E-state index contributed by atoms with van der Waals surface area (Å²) in [5, 5.41) is 8.05. The minimum Gasteiger partial charge on any atom is -0.385 e. The smallest absolute Gasteiger partial charge is 0.0827 e. The van der Waals surface area contributed by atoms with Gasteiger partial charge in [0, 0.05) is 32.3 Å². The summed E-state index contributed by atoms with van der Waals surface area (Å²) in [6.07, 6.45) is 4.81. The number of halogens is 1. The van der Waals surface area contributed by atoms with Crippen molar-refractivity contribution in [1.82, 2.24) is 15.0 Å². The van der Waals surface area contributed by atoms with Crippen molar-refractivity contribution in [3.63, 3.8) is 0 Å². The summed E-state index contributed by atoms with van der Waals surface area (Å²) in [6.45, 7) is 1.62. The van der Waals surface area contributed by atoms with Crippen LogP contribution in [0.15, 0.2) is 6.20 Å². The zero-order valence-electron chi connectivity index (χ0n) is 8.45. The fraction of sp³-hybridized carbons (Fsp3) is 0.778. The molecule has 0 aromatic carbocycles. The van der Waals surface area contributed by atoms with Crippen LogP contribution in [0.4, 0.5) is 0 Å². The van der Waals surface area contributed by atoms with Crippen molar-refractivity contribution in [3.8, 4) is 0 Å². The average molecular weight is 218 g/mol. The Morgan fingerprint density at radius 3 is 3.07 bits per heavy atom. The van der Waals surface area contributed by atoms with Gasteiger partial charge in [-0.25, -0.2) is 0 Å². The lowest BCUT2D eigenvalue weighted by Gasteiger charge is -1.98. The molecule has 5 heteroatoms. The van der Waals surface area contributed by atoms with Crippen molar-refractivity contribution in [2.45, 2.75) is 25.8 Å². The highest BCUT2D eigenvalue weighted by molar-refractivity contribution is 6.17. The maximum Gasteiger partial charge on any atom is 0.0827 e. The number of hydrogen-bond donors (Lipinski definition) is 0. The monoisotopic (exact) mass is 217 g/mol. The molecule has 0 bridgehead atoms. The van der Waals surface area contributed by atoms with Crippen LogP contribution in [0.2, 0.25) is 0 Å². The zero-order chi connectivity index (χ0) is 10.2. The van der Waals surface area contributed by atoms with E-state index in [2.05, 4.69) is 10.3 Å². The Morgan fingerprint density at radius 1 is 1.50 bits per heavy atom. The van der Waals surface area contributed by atoms with E-state index in [9.17, 15) is 0 Å². The van der Waals surface area contributed by atoms with Gasteiger partial charge < -0.3 is 4.74 Å². The van der Waals surface area contributed by atoms with Crippen LogP contribution < -0.4 is 0 Å². The Hall–Kier alpha value is -0.610. The fourth-order valence-corrected chi connectivity index (χ4v) is 1.31. The lowest BCUT2D eigenvalue weighted by molar-refractivity contribution is 0.188. The molecule has 1 heterocycles. The van der Waals surface area contributed by atoms with Crippen molar-refractivity contribution in [3.05, 3.63) is 11.9 Å². The molecule has 0 saturated heterocycles. The van der Waals surface area contributed by atoms with E-state index < -0.39 is 0 Å². The lowest BCUT2D eigenvalue weighted by atomic mass is 10.3. The van der Waals surface area contributed by atoms with Gasteiger partial charge in [-0.2, -0.15) is 0 Å². The molecule has 0 aliphatic heterocycles. The van der Waals surface area contributed by atoms with Crippen LogP contribution in [0.25, 0.3) is 0 Å². The predicted octanol–water partition coefficient (Wildman–Crippen LogP) is 1.49. The Balaban J connectivity index is 2.27. The third-order valence-electron chi connectivity index (χ3n) is 1.89. The molecule has 0 spiro atoms. The number of ether oxygens (including phenoxy) is 1. The van der Waals surface area contributed by atoms with Gasteiger partial charge in [0.25, 0.3) is 0 Å². The summed E-state index contributed by atoms with van der Waals surface area (Å²) in [4.78, 5) is 0. The molecule has 0 aliphatic carbocycles. The van der Waals surface area contributed by atoms with Crippen LogP contribution in [0, 0.1) is 0 Å². The van der Waals surface area contributed by atoms with E-state index in [-0.39, 0.29) is 0 Å². The second-order valence-corrected chi connectivity index (χ2v) is 3.49. The maximum atomic E-state index is 5.59. The van der Waals surface area contributed by atoms with Crippen molar-refractivity contribution < 1.29 is 4.74 Å². The Morgan fingerprint density at radius 2 is 2.36 bits per heavy atom. The van der Waals surface area contributed by atoms with E-state index in [1.807, 2.05) is 10.9 Å². The molecule has 14 heavy (non-hydrogen) atoms. The zero-order valence-corrected chi connectivity index (χ0v) is 9.20. The van der Waals surface area contributed by atoms with Gasteiger partial charge in [-0.1, -0.05) is 5.21 Å². The van der Waals surface area contributed by atoms with Gasteiger partial charge >= 0.3 is 0 Å². The Bertz CT molecular complexity index is 252. The number of alkyl halides is 1. The molecular weight excluding hydrogens is 202 g/mol. The molecule has 80 valence electrons. The van der Waals surface area contributed by atoms with E-state index in [4.69, 9.17) is 16.3 Å². The molecule has 0 amide bonds. The van der Waals surface area contributed by atoms with Gasteiger partial charge in [-0.05, 0) is 19.3 Å².